The van der Waals surface area contributed by atoms with Gasteiger partial charge in [0, 0.05) is 24.5 Å². The number of carbonyl (C=O) groups excluding carboxylic acids is 1. The molecule has 0 aliphatic heterocycles. The Morgan fingerprint density at radius 1 is 1.18 bits per heavy atom. The third-order valence-electron chi connectivity index (χ3n) is 3.06. The summed E-state index contributed by atoms with van der Waals surface area (Å²) in [6.07, 6.45) is 0.153. The number of amides is 1. The number of carboxylic acids is 1. The number of benzene rings is 1. The fourth-order valence-corrected chi connectivity index (χ4v) is 3.33. The van der Waals surface area contributed by atoms with Crippen molar-refractivity contribution in [3.05, 3.63) is 28.7 Å². The van der Waals surface area contributed by atoms with Crippen molar-refractivity contribution in [1.29, 1.82) is 0 Å². The number of sulfone groups is 1. The predicted molar refractivity (Wildman–Crippen MR) is 85.3 cm³/mol. The van der Waals surface area contributed by atoms with Crippen LogP contribution in [0.25, 0.3) is 0 Å². The van der Waals surface area contributed by atoms with E-state index in [-0.39, 0.29) is 42.4 Å². The molecule has 0 unspecified atom stereocenters. The molecule has 0 heterocycles. The second kappa shape index (κ2) is 8.28. The predicted octanol–water partition coefficient (Wildman–Crippen LogP) is 1.94. The van der Waals surface area contributed by atoms with Crippen molar-refractivity contribution < 1.29 is 23.1 Å². The lowest BCUT2D eigenvalue weighted by Gasteiger charge is -2.15. The lowest BCUT2D eigenvalue weighted by Crippen LogP contribution is -2.29. The summed E-state index contributed by atoms with van der Waals surface area (Å²) < 4.78 is 25.0. The highest BCUT2D eigenvalue weighted by Gasteiger charge is 2.16. The van der Waals surface area contributed by atoms with Gasteiger partial charge < -0.3 is 10.0 Å². The first-order valence-electron chi connectivity index (χ1n) is 6.66. The van der Waals surface area contributed by atoms with Gasteiger partial charge in [-0.2, -0.15) is 0 Å². The minimum Gasteiger partial charge on any atom is -0.481 e. The van der Waals surface area contributed by atoms with E-state index in [1.54, 1.807) is 12.1 Å². The fraction of sp³-hybridized carbons (Fsp3) is 0.429. The van der Waals surface area contributed by atoms with Crippen LogP contribution in [-0.2, 0) is 19.4 Å². The number of hydrogen-bond acceptors (Lipinski definition) is 4. The number of nitrogens with zero attached hydrogens (tertiary/aromatic N) is 1. The number of aliphatic carboxylic acids is 1. The van der Waals surface area contributed by atoms with Crippen LogP contribution in [0.1, 0.15) is 19.3 Å². The molecular formula is C14H18BrNO5S. The first-order valence-corrected chi connectivity index (χ1v) is 9.11. The molecule has 1 aromatic rings. The van der Waals surface area contributed by atoms with Crippen molar-refractivity contribution in [3.63, 3.8) is 0 Å². The van der Waals surface area contributed by atoms with Gasteiger partial charge >= 0.3 is 5.97 Å². The van der Waals surface area contributed by atoms with E-state index < -0.39 is 15.8 Å². The molecule has 122 valence electrons. The van der Waals surface area contributed by atoms with Gasteiger partial charge in [-0.1, -0.05) is 15.9 Å². The van der Waals surface area contributed by atoms with Crippen molar-refractivity contribution in [1.82, 2.24) is 4.90 Å². The molecule has 0 bridgehead atoms. The monoisotopic (exact) mass is 391 g/mol. The topological polar surface area (TPSA) is 91.8 Å². The minimum absolute atomic E-state index is 0.0753. The largest absolute Gasteiger partial charge is 0.481 e. The molecule has 0 saturated heterocycles. The first-order chi connectivity index (χ1) is 10.2. The van der Waals surface area contributed by atoms with Crippen molar-refractivity contribution in [3.8, 4) is 0 Å². The van der Waals surface area contributed by atoms with Gasteiger partial charge in [-0.15, -0.1) is 0 Å². The maximum atomic E-state index is 12.1. The van der Waals surface area contributed by atoms with Crippen molar-refractivity contribution in [2.24, 2.45) is 0 Å². The third-order valence-corrected chi connectivity index (χ3v) is 5.41. The Labute approximate surface area is 138 Å². The molecule has 0 fully saturated rings. The Hall–Kier alpha value is -1.41. The van der Waals surface area contributed by atoms with Gasteiger partial charge in [-0.3, -0.25) is 9.59 Å². The average Bonchev–Trinajstić information content (AvgIpc) is 2.44. The van der Waals surface area contributed by atoms with E-state index in [1.807, 2.05) is 0 Å². The Morgan fingerprint density at radius 3 is 2.32 bits per heavy atom. The second-order valence-corrected chi connectivity index (χ2v) is 7.86. The number of halogens is 1. The summed E-state index contributed by atoms with van der Waals surface area (Å²) in [6, 6.07) is 6.33. The van der Waals surface area contributed by atoms with Crippen LogP contribution in [0.5, 0.6) is 0 Å². The molecular weight excluding hydrogens is 374 g/mol. The molecule has 0 atom stereocenters. The van der Waals surface area contributed by atoms with Crippen LogP contribution in [0.15, 0.2) is 33.6 Å². The van der Waals surface area contributed by atoms with Crippen LogP contribution in [0.2, 0.25) is 0 Å². The zero-order chi connectivity index (χ0) is 16.8. The van der Waals surface area contributed by atoms with Crippen LogP contribution in [0, 0.1) is 0 Å². The molecule has 8 heteroatoms. The molecule has 1 amide bonds. The number of hydrogen-bond donors (Lipinski definition) is 1. The second-order valence-electron chi connectivity index (χ2n) is 4.84. The molecule has 0 aliphatic rings. The van der Waals surface area contributed by atoms with Crippen LogP contribution in [0.4, 0.5) is 0 Å². The lowest BCUT2D eigenvalue weighted by molar-refractivity contribution is -0.138. The van der Waals surface area contributed by atoms with E-state index in [4.69, 9.17) is 5.11 Å². The maximum Gasteiger partial charge on any atom is 0.305 e. The highest BCUT2D eigenvalue weighted by atomic mass is 79.9. The maximum absolute atomic E-state index is 12.1. The van der Waals surface area contributed by atoms with Crippen molar-refractivity contribution in [2.45, 2.75) is 24.2 Å². The number of carboxylic acid groups (broad SMARTS) is 1. The molecule has 0 saturated carbocycles. The highest BCUT2D eigenvalue weighted by molar-refractivity contribution is 9.10. The van der Waals surface area contributed by atoms with E-state index in [1.165, 1.54) is 24.1 Å². The van der Waals surface area contributed by atoms with Gasteiger partial charge in [0.1, 0.15) is 0 Å². The Kier molecular flexibility index (Phi) is 7.02. The Bertz CT molecular complexity index is 627. The summed E-state index contributed by atoms with van der Waals surface area (Å²) in [4.78, 5) is 23.7. The molecule has 1 N–H and O–H groups in total. The number of rotatable bonds is 8. The van der Waals surface area contributed by atoms with Crippen molar-refractivity contribution >= 4 is 37.6 Å². The highest BCUT2D eigenvalue weighted by Crippen LogP contribution is 2.17. The smallest absolute Gasteiger partial charge is 0.305 e. The summed E-state index contributed by atoms with van der Waals surface area (Å²) >= 11 is 3.24. The Balaban J connectivity index is 2.47. The van der Waals surface area contributed by atoms with Crippen LogP contribution in [0.3, 0.4) is 0 Å². The summed E-state index contributed by atoms with van der Waals surface area (Å²) in [6.45, 7) is 0.119. The van der Waals surface area contributed by atoms with E-state index in [0.29, 0.717) is 0 Å². The summed E-state index contributed by atoms with van der Waals surface area (Å²) in [5.41, 5.74) is 0. The average molecular weight is 392 g/mol. The lowest BCUT2D eigenvalue weighted by atomic mass is 10.3. The van der Waals surface area contributed by atoms with E-state index in [9.17, 15) is 18.0 Å². The van der Waals surface area contributed by atoms with Gasteiger partial charge in [-0.05, 0) is 30.7 Å². The molecule has 22 heavy (non-hydrogen) atoms. The molecule has 6 nitrogen and oxygen atoms in total. The minimum atomic E-state index is -3.41. The van der Waals surface area contributed by atoms with Crippen LogP contribution < -0.4 is 0 Å². The molecule has 0 spiro atoms. The van der Waals surface area contributed by atoms with E-state index >= 15 is 0 Å². The van der Waals surface area contributed by atoms with Gasteiger partial charge in [0.2, 0.25) is 5.91 Å². The van der Waals surface area contributed by atoms with Crippen LogP contribution >= 0.6 is 15.9 Å². The van der Waals surface area contributed by atoms with Crippen molar-refractivity contribution in [2.75, 3.05) is 19.3 Å². The molecule has 1 rings (SSSR count). The summed E-state index contributed by atoms with van der Waals surface area (Å²) in [7, 11) is -1.90. The number of carbonyl (C=O) groups is 2. The first kappa shape index (κ1) is 18.6. The molecule has 0 radical (unpaired) electrons. The summed E-state index contributed by atoms with van der Waals surface area (Å²) in [5, 5.41) is 8.55. The fourth-order valence-electron chi connectivity index (χ4n) is 1.75. The zero-order valence-electron chi connectivity index (χ0n) is 12.2. The van der Waals surface area contributed by atoms with Gasteiger partial charge in [0.05, 0.1) is 17.1 Å². The van der Waals surface area contributed by atoms with Gasteiger partial charge in [0.25, 0.3) is 0 Å². The van der Waals surface area contributed by atoms with E-state index in [2.05, 4.69) is 15.9 Å². The third kappa shape index (κ3) is 6.15. The van der Waals surface area contributed by atoms with E-state index in [0.717, 1.165) is 4.47 Å². The Morgan fingerprint density at radius 2 is 1.77 bits per heavy atom. The standard InChI is InChI=1S/C14H18BrNO5S/c1-16(9-8-14(18)19)13(17)3-2-10-22(20,21)12-6-4-11(15)5-7-12/h4-7H,2-3,8-10H2,1H3,(H,18,19). The SMILES string of the molecule is CN(CCC(=O)O)C(=O)CCCS(=O)(=O)c1ccc(Br)cc1. The molecule has 0 aliphatic carbocycles. The van der Waals surface area contributed by atoms with Gasteiger partial charge in [-0.25, -0.2) is 8.42 Å². The van der Waals surface area contributed by atoms with Crippen LogP contribution in [-0.4, -0.2) is 49.6 Å². The van der Waals surface area contributed by atoms with Gasteiger partial charge in [0.15, 0.2) is 9.84 Å². The normalized spacial score (nSPS) is 11.2. The molecule has 1 aromatic carbocycles. The zero-order valence-corrected chi connectivity index (χ0v) is 14.6. The quantitative estimate of drug-likeness (QED) is 0.730. The summed E-state index contributed by atoms with van der Waals surface area (Å²) in [5.74, 6) is -1.35. The molecule has 0 aromatic heterocycles.